The monoisotopic (exact) mass is 335 g/mol. The lowest BCUT2D eigenvalue weighted by Gasteiger charge is -2.42. The van der Waals surface area contributed by atoms with E-state index in [-0.39, 0.29) is 11.6 Å². The Morgan fingerprint density at radius 1 is 0.960 bits per heavy atom. The zero-order valence-electron chi connectivity index (χ0n) is 14.4. The number of hydrogen-bond donors (Lipinski definition) is 2. The Hall–Kier alpha value is -2.33. The van der Waals surface area contributed by atoms with Crippen LogP contribution in [0.4, 0.5) is 4.79 Å². The number of piperidine rings is 1. The van der Waals surface area contributed by atoms with Gasteiger partial charge in [0.05, 0.1) is 5.54 Å². The van der Waals surface area contributed by atoms with Gasteiger partial charge in [-0.05, 0) is 43.0 Å². The van der Waals surface area contributed by atoms with Crippen molar-refractivity contribution in [2.24, 2.45) is 5.92 Å². The van der Waals surface area contributed by atoms with Crippen LogP contribution in [0.5, 0.6) is 0 Å². The summed E-state index contributed by atoms with van der Waals surface area (Å²) in [7, 11) is 0. The molecule has 0 aliphatic carbocycles. The zero-order valence-corrected chi connectivity index (χ0v) is 14.4. The zero-order chi connectivity index (χ0) is 17.1. The van der Waals surface area contributed by atoms with Crippen molar-refractivity contribution in [2.45, 2.75) is 24.9 Å². The molecule has 1 atom stereocenters. The van der Waals surface area contributed by atoms with Crippen molar-refractivity contribution in [2.75, 3.05) is 19.6 Å². The van der Waals surface area contributed by atoms with Gasteiger partial charge in [-0.1, -0.05) is 60.7 Å². The van der Waals surface area contributed by atoms with Crippen LogP contribution in [0.3, 0.4) is 0 Å². The van der Waals surface area contributed by atoms with Crippen LogP contribution in [0.1, 0.15) is 24.0 Å². The Labute approximate surface area is 149 Å². The lowest BCUT2D eigenvalue weighted by atomic mass is 9.74. The second-order valence-electron chi connectivity index (χ2n) is 7.18. The quantitative estimate of drug-likeness (QED) is 0.902. The van der Waals surface area contributed by atoms with Gasteiger partial charge in [0.25, 0.3) is 0 Å². The first kappa shape index (κ1) is 16.2. The molecule has 2 aliphatic rings. The number of nitrogens with zero attached hydrogens (tertiary/aromatic N) is 1. The molecule has 2 heterocycles. The van der Waals surface area contributed by atoms with Gasteiger partial charge in [-0.15, -0.1) is 0 Å². The summed E-state index contributed by atoms with van der Waals surface area (Å²) in [4.78, 5) is 14.5. The van der Waals surface area contributed by atoms with Crippen LogP contribution in [0.15, 0.2) is 60.7 Å². The number of nitrogens with one attached hydrogen (secondary N) is 2. The number of hydrogen-bond acceptors (Lipinski definition) is 2. The first-order valence-electron chi connectivity index (χ1n) is 9.14. The largest absolute Gasteiger partial charge is 0.335 e. The van der Waals surface area contributed by atoms with Gasteiger partial charge in [0.15, 0.2) is 0 Å². The van der Waals surface area contributed by atoms with Crippen molar-refractivity contribution < 1.29 is 4.79 Å². The fourth-order valence-corrected chi connectivity index (χ4v) is 4.33. The normalized spacial score (nSPS) is 24.7. The summed E-state index contributed by atoms with van der Waals surface area (Å²) in [6, 6.07) is 21.1. The molecule has 2 aromatic carbocycles. The van der Waals surface area contributed by atoms with Gasteiger partial charge >= 0.3 is 6.03 Å². The molecule has 0 saturated carbocycles. The van der Waals surface area contributed by atoms with Crippen LogP contribution in [0.2, 0.25) is 0 Å². The molecule has 2 aromatic rings. The Morgan fingerprint density at radius 2 is 1.60 bits per heavy atom. The second-order valence-corrected chi connectivity index (χ2v) is 7.18. The van der Waals surface area contributed by atoms with Crippen LogP contribution in [0, 0.1) is 5.92 Å². The fraction of sp³-hybridized carbons (Fsp3) is 0.381. The Balaban J connectivity index is 1.47. The summed E-state index contributed by atoms with van der Waals surface area (Å²) in [6.45, 7) is 3.84. The van der Waals surface area contributed by atoms with Crippen molar-refractivity contribution in [3.05, 3.63) is 71.8 Å². The smallest absolute Gasteiger partial charge is 0.315 e. The lowest BCUT2D eigenvalue weighted by Crippen LogP contribution is -2.51. The highest BCUT2D eigenvalue weighted by atomic mass is 16.2. The molecule has 2 fully saturated rings. The minimum Gasteiger partial charge on any atom is -0.335 e. The molecule has 2 amide bonds. The minimum absolute atomic E-state index is 0.0458. The van der Waals surface area contributed by atoms with Gasteiger partial charge in [-0.3, -0.25) is 4.90 Å². The van der Waals surface area contributed by atoms with E-state index in [1.165, 1.54) is 11.1 Å². The summed E-state index contributed by atoms with van der Waals surface area (Å²) in [5.74, 6) is 0.459. The number of likely N-dealkylation sites (tertiary alicyclic amines) is 1. The highest BCUT2D eigenvalue weighted by Crippen LogP contribution is 2.38. The van der Waals surface area contributed by atoms with Crippen molar-refractivity contribution in [1.82, 2.24) is 15.5 Å². The van der Waals surface area contributed by atoms with Gasteiger partial charge in [0.1, 0.15) is 0 Å². The summed E-state index contributed by atoms with van der Waals surface area (Å²) < 4.78 is 0. The summed E-state index contributed by atoms with van der Waals surface area (Å²) in [5.41, 5.74) is 2.32. The van der Waals surface area contributed by atoms with E-state index in [0.29, 0.717) is 12.5 Å². The van der Waals surface area contributed by atoms with Crippen LogP contribution >= 0.6 is 0 Å². The van der Waals surface area contributed by atoms with Crippen LogP contribution in [-0.2, 0) is 12.1 Å². The Bertz CT molecular complexity index is 710. The van der Waals surface area contributed by atoms with E-state index in [4.69, 9.17) is 0 Å². The number of carbonyl (C=O) groups is 1. The first-order valence-corrected chi connectivity index (χ1v) is 9.14. The standard InChI is InChI=1S/C21H25N3O/c25-20-22-16-21(23-20,18-9-5-2-6-10-18)19-11-13-24(14-12-19)15-17-7-3-1-4-8-17/h1-10,19H,11-16H2,(H2,22,23,25). The van der Waals surface area contributed by atoms with E-state index >= 15 is 0 Å². The van der Waals surface area contributed by atoms with Gasteiger partial charge in [-0.25, -0.2) is 4.79 Å². The molecular formula is C21H25N3O. The van der Waals surface area contributed by atoms with Crippen LogP contribution in [-0.4, -0.2) is 30.6 Å². The fourth-order valence-electron chi connectivity index (χ4n) is 4.33. The molecule has 2 aliphatic heterocycles. The van der Waals surface area contributed by atoms with E-state index in [1.807, 2.05) is 6.07 Å². The number of urea groups is 1. The summed E-state index contributed by atoms with van der Waals surface area (Å²) in [6.07, 6.45) is 2.20. The van der Waals surface area contributed by atoms with Crippen molar-refractivity contribution in [3.8, 4) is 0 Å². The molecule has 4 nitrogen and oxygen atoms in total. The van der Waals surface area contributed by atoms with E-state index < -0.39 is 0 Å². The highest BCUT2D eigenvalue weighted by molar-refractivity contribution is 5.78. The number of rotatable bonds is 4. The predicted octanol–water partition coefficient (Wildman–Crippen LogP) is 3.11. The average molecular weight is 335 g/mol. The number of amides is 2. The van der Waals surface area contributed by atoms with Crippen LogP contribution < -0.4 is 10.6 Å². The van der Waals surface area contributed by atoms with Crippen molar-refractivity contribution >= 4 is 6.03 Å². The van der Waals surface area contributed by atoms with Gasteiger partial charge < -0.3 is 10.6 Å². The van der Waals surface area contributed by atoms with Gasteiger partial charge in [0.2, 0.25) is 0 Å². The van der Waals surface area contributed by atoms with E-state index in [1.54, 1.807) is 0 Å². The molecule has 4 heteroatoms. The third-order valence-electron chi connectivity index (χ3n) is 5.69. The highest BCUT2D eigenvalue weighted by Gasteiger charge is 2.46. The van der Waals surface area contributed by atoms with Gasteiger partial charge in [-0.2, -0.15) is 0 Å². The predicted molar refractivity (Wildman–Crippen MR) is 99.1 cm³/mol. The van der Waals surface area contributed by atoms with E-state index in [2.05, 4.69) is 70.1 Å². The van der Waals surface area contributed by atoms with E-state index in [0.717, 1.165) is 32.5 Å². The molecule has 2 N–H and O–H groups in total. The third kappa shape index (κ3) is 3.27. The molecule has 25 heavy (non-hydrogen) atoms. The van der Waals surface area contributed by atoms with E-state index in [9.17, 15) is 4.79 Å². The Morgan fingerprint density at radius 3 is 2.20 bits per heavy atom. The maximum atomic E-state index is 11.9. The first-order chi connectivity index (χ1) is 12.3. The maximum absolute atomic E-state index is 11.9. The second kappa shape index (κ2) is 6.89. The molecule has 0 spiro atoms. The lowest BCUT2D eigenvalue weighted by molar-refractivity contribution is 0.118. The van der Waals surface area contributed by atoms with Crippen LogP contribution in [0.25, 0.3) is 0 Å². The van der Waals surface area contributed by atoms with Gasteiger partial charge in [0, 0.05) is 13.1 Å². The minimum atomic E-state index is -0.267. The molecular weight excluding hydrogens is 310 g/mol. The molecule has 0 radical (unpaired) electrons. The molecule has 1 unspecified atom stereocenters. The third-order valence-corrected chi connectivity index (χ3v) is 5.69. The van der Waals surface area contributed by atoms with Crippen molar-refractivity contribution in [1.29, 1.82) is 0 Å². The SMILES string of the molecule is O=C1NCC(c2ccccc2)(C2CCN(Cc3ccccc3)CC2)N1. The number of benzene rings is 2. The molecule has 0 bridgehead atoms. The molecule has 2 saturated heterocycles. The summed E-state index contributed by atoms with van der Waals surface area (Å²) in [5, 5.41) is 6.24. The maximum Gasteiger partial charge on any atom is 0.315 e. The topological polar surface area (TPSA) is 44.4 Å². The van der Waals surface area contributed by atoms with Crippen molar-refractivity contribution in [3.63, 3.8) is 0 Å². The summed E-state index contributed by atoms with van der Waals surface area (Å²) >= 11 is 0. The molecule has 130 valence electrons. The Kier molecular flexibility index (Phi) is 4.45. The average Bonchev–Trinajstić information content (AvgIpc) is 3.07. The number of carbonyl (C=O) groups excluding carboxylic acids is 1. The molecule has 0 aromatic heterocycles. The molecule has 4 rings (SSSR count).